The van der Waals surface area contributed by atoms with Gasteiger partial charge in [0.2, 0.25) is 0 Å². The first kappa shape index (κ1) is 27.8. The Bertz CT molecular complexity index is 239. The van der Waals surface area contributed by atoms with Gasteiger partial charge in [-0.05, 0) is 30.1 Å². The number of alkyl halides is 2. The van der Waals surface area contributed by atoms with Crippen molar-refractivity contribution in [2.45, 2.75) is 51.4 Å². The van der Waals surface area contributed by atoms with E-state index in [4.69, 9.17) is 35.3 Å². The number of rotatable bonds is 24. The normalized spacial score (nSPS) is 11.3. The summed E-state index contributed by atoms with van der Waals surface area (Å²) in [5.41, 5.74) is 0. The van der Waals surface area contributed by atoms with Gasteiger partial charge in [0.25, 0.3) is 0 Å². The average molecular weight is 523 g/mol. The Morgan fingerprint density at radius 2 is 0.741 bits per heavy atom. The fourth-order valence-electron chi connectivity index (χ4n) is 2.29. The van der Waals surface area contributed by atoms with Crippen molar-refractivity contribution < 1.29 is 23.7 Å². The Morgan fingerprint density at radius 3 is 1.11 bits per heavy atom. The minimum Gasteiger partial charge on any atom is -0.379 e. The van der Waals surface area contributed by atoms with Gasteiger partial charge in [0, 0.05) is 19.1 Å². The summed E-state index contributed by atoms with van der Waals surface area (Å²) >= 11 is 8.05. The van der Waals surface area contributed by atoms with Crippen molar-refractivity contribution in [3.05, 3.63) is 0 Å². The second-order valence-electron chi connectivity index (χ2n) is 6.27. The molecule has 0 aromatic rings. The Hall–Kier alpha value is 0.820. The van der Waals surface area contributed by atoms with Gasteiger partial charge in [-0.1, -0.05) is 48.3 Å². The van der Waals surface area contributed by atoms with Gasteiger partial charge in [0.15, 0.2) is 0 Å². The molecule has 0 rings (SSSR count). The molecule has 0 heterocycles. The molecule has 0 radical (unpaired) electrons. The van der Waals surface area contributed by atoms with Gasteiger partial charge >= 0.3 is 0 Å². The van der Waals surface area contributed by atoms with Crippen LogP contribution in [-0.2, 0) is 23.7 Å². The molecule has 0 aliphatic heterocycles. The van der Waals surface area contributed by atoms with Crippen molar-refractivity contribution in [2.75, 3.05) is 76.4 Å². The zero-order valence-electron chi connectivity index (χ0n) is 16.9. The molecule has 0 aliphatic carbocycles. The average Bonchev–Trinajstić information content (AvgIpc) is 2.68. The number of halogens is 2. The molecular weight excluding hydrogens is 483 g/mol. The highest BCUT2D eigenvalue weighted by Crippen LogP contribution is 2.02. The molecule has 164 valence electrons. The highest BCUT2D eigenvalue weighted by atomic mass is 127. The van der Waals surface area contributed by atoms with E-state index in [0.717, 1.165) is 38.4 Å². The van der Waals surface area contributed by atoms with Crippen LogP contribution in [0, 0.1) is 0 Å². The third-order valence-electron chi connectivity index (χ3n) is 3.83. The monoisotopic (exact) mass is 522 g/mol. The predicted molar refractivity (Wildman–Crippen MR) is 121 cm³/mol. The Balaban J connectivity index is 2.95. The lowest BCUT2D eigenvalue weighted by Crippen LogP contribution is -2.13. The van der Waals surface area contributed by atoms with Gasteiger partial charge in [0.1, 0.15) is 0 Å². The summed E-state index contributed by atoms with van der Waals surface area (Å²) in [5.74, 6) is 0.760. The molecule has 0 aliphatic rings. The van der Waals surface area contributed by atoms with Gasteiger partial charge in [-0.15, -0.1) is 11.6 Å². The molecule has 7 heteroatoms. The molecule has 0 unspecified atom stereocenters. The first-order chi connectivity index (χ1) is 13.4. The number of ether oxygens (including phenoxy) is 5. The lowest BCUT2D eigenvalue weighted by atomic mass is 10.2. The molecule has 0 spiro atoms. The SMILES string of the molecule is ClCCCCCCOCCOCCOCCOCCOCCCCCCI. The third kappa shape index (κ3) is 26.8. The van der Waals surface area contributed by atoms with Gasteiger partial charge in [0.05, 0.1) is 52.9 Å². The molecule has 0 aromatic carbocycles. The fourth-order valence-corrected chi connectivity index (χ4v) is 3.01. The van der Waals surface area contributed by atoms with Crippen molar-refractivity contribution in [2.24, 2.45) is 0 Å². The molecule has 0 saturated heterocycles. The van der Waals surface area contributed by atoms with E-state index in [9.17, 15) is 0 Å². The number of unbranched alkanes of at least 4 members (excludes halogenated alkanes) is 6. The van der Waals surface area contributed by atoms with Crippen molar-refractivity contribution in [1.29, 1.82) is 0 Å². The fraction of sp³-hybridized carbons (Fsp3) is 1.00. The highest BCUT2D eigenvalue weighted by Gasteiger charge is 1.95. The Morgan fingerprint density at radius 1 is 0.407 bits per heavy atom. The highest BCUT2D eigenvalue weighted by molar-refractivity contribution is 14.1. The first-order valence-electron chi connectivity index (χ1n) is 10.4. The predicted octanol–water partition coefficient (Wildman–Crippen LogP) is 4.86. The molecule has 27 heavy (non-hydrogen) atoms. The van der Waals surface area contributed by atoms with Crippen LogP contribution in [0.4, 0.5) is 0 Å². The maximum Gasteiger partial charge on any atom is 0.0701 e. The van der Waals surface area contributed by atoms with E-state index in [1.165, 1.54) is 36.5 Å². The topological polar surface area (TPSA) is 46.2 Å². The van der Waals surface area contributed by atoms with Crippen molar-refractivity contribution in [3.63, 3.8) is 0 Å². The Labute approximate surface area is 185 Å². The van der Waals surface area contributed by atoms with Crippen LogP contribution in [0.5, 0.6) is 0 Å². The summed E-state index contributed by atoms with van der Waals surface area (Å²) < 4.78 is 28.7. The van der Waals surface area contributed by atoms with Crippen LogP contribution in [0.1, 0.15) is 51.4 Å². The maximum atomic E-state index is 5.63. The molecule has 5 nitrogen and oxygen atoms in total. The second-order valence-corrected chi connectivity index (χ2v) is 7.72. The van der Waals surface area contributed by atoms with E-state index in [1.54, 1.807) is 0 Å². The molecule has 0 fully saturated rings. The van der Waals surface area contributed by atoms with E-state index in [0.29, 0.717) is 52.9 Å². The summed E-state index contributed by atoms with van der Waals surface area (Å²) in [6.07, 6.45) is 9.63. The maximum absolute atomic E-state index is 5.63. The molecule has 0 saturated carbocycles. The largest absolute Gasteiger partial charge is 0.379 e. The van der Waals surface area contributed by atoms with E-state index >= 15 is 0 Å². The van der Waals surface area contributed by atoms with Crippen molar-refractivity contribution in [1.82, 2.24) is 0 Å². The molecule has 0 amide bonds. The summed E-state index contributed by atoms with van der Waals surface area (Å²) in [5, 5.41) is 0. The number of hydrogen-bond donors (Lipinski definition) is 0. The summed E-state index contributed by atoms with van der Waals surface area (Å²) in [7, 11) is 0. The van der Waals surface area contributed by atoms with Crippen molar-refractivity contribution in [3.8, 4) is 0 Å². The van der Waals surface area contributed by atoms with Gasteiger partial charge in [-0.3, -0.25) is 0 Å². The van der Waals surface area contributed by atoms with Crippen LogP contribution in [0.2, 0.25) is 0 Å². The minimum atomic E-state index is 0.593. The van der Waals surface area contributed by atoms with Crippen LogP contribution in [0.15, 0.2) is 0 Å². The third-order valence-corrected chi connectivity index (χ3v) is 4.86. The van der Waals surface area contributed by atoms with Crippen LogP contribution in [-0.4, -0.2) is 76.4 Å². The molecule has 0 N–H and O–H groups in total. The quantitative estimate of drug-likeness (QED) is 0.103. The molecule has 0 aromatic heterocycles. The lowest BCUT2D eigenvalue weighted by Gasteiger charge is -2.08. The standard InChI is InChI=1S/C20H40ClIO5/c21-9-5-1-3-7-11-23-13-15-25-17-19-27-20-18-26-16-14-24-12-8-4-2-6-10-22/h1-20H2. The summed E-state index contributed by atoms with van der Waals surface area (Å²) in [4.78, 5) is 0. The van der Waals surface area contributed by atoms with E-state index in [1.807, 2.05) is 0 Å². The zero-order chi connectivity index (χ0) is 19.7. The Kier molecular flexibility index (Phi) is 27.6. The van der Waals surface area contributed by atoms with Gasteiger partial charge in [-0.25, -0.2) is 0 Å². The van der Waals surface area contributed by atoms with Crippen molar-refractivity contribution >= 4 is 34.2 Å². The van der Waals surface area contributed by atoms with Crippen LogP contribution in [0.25, 0.3) is 0 Å². The second kappa shape index (κ2) is 26.8. The zero-order valence-corrected chi connectivity index (χ0v) is 19.9. The van der Waals surface area contributed by atoms with Crippen LogP contribution >= 0.6 is 34.2 Å². The smallest absolute Gasteiger partial charge is 0.0701 e. The van der Waals surface area contributed by atoms with E-state index in [2.05, 4.69) is 22.6 Å². The van der Waals surface area contributed by atoms with E-state index in [-0.39, 0.29) is 0 Å². The molecular formula is C20H40ClIO5. The summed E-state index contributed by atoms with van der Waals surface area (Å²) in [6.45, 7) is 6.62. The van der Waals surface area contributed by atoms with Crippen LogP contribution < -0.4 is 0 Å². The minimum absolute atomic E-state index is 0.593. The van der Waals surface area contributed by atoms with Gasteiger partial charge in [-0.2, -0.15) is 0 Å². The van der Waals surface area contributed by atoms with E-state index < -0.39 is 0 Å². The molecule has 0 atom stereocenters. The summed E-state index contributed by atoms with van der Waals surface area (Å²) in [6, 6.07) is 0. The lowest BCUT2D eigenvalue weighted by molar-refractivity contribution is -0.0114. The number of hydrogen-bond acceptors (Lipinski definition) is 5. The molecule has 0 bridgehead atoms. The van der Waals surface area contributed by atoms with Crippen LogP contribution in [0.3, 0.4) is 0 Å². The van der Waals surface area contributed by atoms with Gasteiger partial charge < -0.3 is 23.7 Å². The first-order valence-corrected chi connectivity index (χ1v) is 12.5.